The van der Waals surface area contributed by atoms with Crippen LogP contribution in [0.5, 0.6) is 0 Å². The third-order valence-electron chi connectivity index (χ3n) is 9.05. The molecule has 1 unspecified atom stereocenters. The van der Waals surface area contributed by atoms with E-state index in [0.29, 0.717) is 12.8 Å². The van der Waals surface area contributed by atoms with Crippen molar-refractivity contribution >= 4 is 17.9 Å². The molecule has 0 aromatic heterocycles. The van der Waals surface area contributed by atoms with E-state index in [9.17, 15) is 14.4 Å². The van der Waals surface area contributed by atoms with Gasteiger partial charge in [0.15, 0.2) is 6.10 Å². The number of rotatable bonds is 39. The first-order valence-corrected chi connectivity index (χ1v) is 22.9. The minimum atomic E-state index is -0.816. The van der Waals surface area contributed by atoms with Crippen LogP contribution in [0.1, 0.15) is 181 Å². The highest BCUT2D eigenvalue weighted by Crippen LogP contribution is 2.12. The van der Waals surface area contributed by atoms with Gasteiger partial charge in [-0.05, 0) is 96.3 Å². The molecule has 6 heteroatoms. The molecule has 0 spiro atoms. The van der Waals surface area contributed by atoms with Crippen molar-refractivity contribution in [3.05, 3.63) is 109 Å². The molecular weight excluding hydrogens is 721 g/mol. The van der Waals surface area contributed by atoms with Gasteiger partial charge in [0, 0.05) is 19.3 Å². The number of esters is 3. The van der Waals surface area contributed by atoms with E-state index in [2.05, 4.69) is 124 Å². The summed E-state index contributed by atoms with van der Waals surface area (Å²) in [5, 5.41) is 0. The van der Waals surface area contributed by atoms with Gasteiger partial charge in [-0.3, -0.25) is 14.4 Å². The summed E-state index contributed by atoms with van der Waals surface area (Å²) in [5.74, 6) is -1.02. The lowest BCUT2D eigenvalue weighted by molar-refractivity contribution is -0.167. The van der Waals surface area contributed by atoms with Crippen LogP contribution < -0.4 is 0 Å². The third-order valence-corrected chi connectivity index (χ3v) is 9.05. The quantitative estimate of drug-likeness (QED) is 0.0202. The van der Waals surface area contributed by atoms with E-state index < -0.39 is 6.10 Å². The predicted molar refractivity (Wildman–Crippen MR) is 247 cm³/mol. The number of carbonyl (C=O) groups excluding carboxylic acids is 3. The summed E-state index contributed by atoms with van der Waals surface area (Å²) >= 11 is 0. The Morgan fingerprint density at radius 2 is 0.776 bits per heavy atom. The topological polar surface area (TPSA) is 78.9 Å². The van der Waals surface area contributed by atoms with E-state index in [-0.39, 0.29) is 44.0 Å². The second kappa shape index (κ2) is 45.8. The van der Waals surface area contributed by atoms with Crippen LogP contribution in [0, 0.1) is 0 Å². The number of carbonyl (C=O) groups is 3. The molecule has 0 heterocycles. The monoisotopic (exact) mass is 803 g/mol. The van der Waals surface area contributed by atoms with Crippen LogP contribution in [0.2, 0.25) is 0 Å². The Bertz CT molecular complexity index is 1240. The summed E-state index contributed by atoms with van der Waals surface area (Å²) in [4.78, 5) is 37.7. The average Bonchev–Trinajstić information content (AvgIpc) is 3.22. The van der Waals surface area contributed by atoms with Crippen molar-refractivity contribution in [2.75, 3.05) is 13.2 Å². The Morgan fingerprint density at radius 3 is 1.33 bits per heavy atom. The number of unbranched alkanes of at least 4 members (excludes halogenated alkanes) is 12. The molecule has 0 aliphatic rings. The zero-order valence-electron chi connectivity index (χ0n) is 37.0. The van der Waals surface area contributed by atoms with Gasteiger partial charge in [-0.15, -0.1) is 0 Å². The van der Waals surface area contributed by atoms with Gasteiger partial charge in [-0.1, -0.05) is 175 Å². The highest BCUT2D eigenvalue weighted by molar-refractivity contribution is 5.71. The van der Waals surface area contributed by atoms with E-state index in [4.69, 9.17) is 14.2 Å². The first kappa shape index (κ1) is 54.1. The standard InChI is InChI=1S/C52H82O6/c1-4-7-10-13-16-19-22-24-25-26-27-29-30-33-36-39-42-45-51(54)57-48-49(47-56-50(53)44-41-38-35-32-21-18-15-12-9-6-3)58-52(55)46-43-40-37-34-31-28-23-20-17-14-11-8-5-2/h7-8,10-11,14-20,23-25,27,29,33,36,49H,4-6,9,12-13,21-22,26,28,30-32,34-35,37-48H2,1-3H3/b10-7-,11-8-,17-14-,18-15-,19-16-,23-20-,25-24-,29-27-,36-33-. The molecular formula is C52H82O6. The van der Waals surface area contributed by atoms with Crippen LogP contribution in [0.15, 0.2) is 109 Å². The maximum atomic E-state index is 12.7. The fourth-order valence-electron chi connectivity index (χ4n) is 5.63. The van der Waals surface area contributed by atoms with Crippen LogP contribution in [0.25, 0.3) is 0 Å². The van der Waals surface area contributed by atoms with Gasteiger partial charge in [0.25, 0.3) is 0 Å². The fraction of sp³-hybridized carbons (Fsp3) is 0.596. The van der Waals surface area contributed by atoms with Gasteiger partial charge in [0.05, 0.1) is 0 Å². The van der Waals surface area contributed by atoms with Gasteiger partial charge < -0.3 is 14.2 Å². The first-order chi connectivity index (χ1) is 28.5. The van der Waals surface area contributed by atoms with Crippen LogP contribution in [-0.4, -0.2) is 37.2 Å². The number of ether oxygens (including phenoxy) is 3. The van der Waals surface area contributed by atoms with Crippen molar-refractivity contribution in [3.63, 3.8) is 0 Å². The Balaban J connectivity index is 4.53. The molecule has 0 aromatic carbocycles. The largest absolute Gasteiger partial charge is 0.462 e. The van der Waals surface area contributed by atoms with Crippen LogP contribution in [0.4, 0.5) is 0 Å². The Morgan fingerprint density at radius 1 is 0.379 bits per heavy atom. The smallest absolute Gasteiger partial charge is 0.306 e. The first-order valence-electron chi connectivity index (χ1n) is 22.9. The molecule has 1 atom stereocenters. The van der Waals surface area contributed by atoms with Crippen molar-refractivity contribution in [2.45, 2.75) is 187 Å². The minimum Gasteiger partial charge on any atom is -0.462 e. The summed E-state index contributed by atoms with van der Waals surface area (Å²) in [5.41, 5.74) is 0. The maximum Gasteiger partial charge on any atom is 0.306 e. The minimum absolute atomic E-state index is 0.113. The van der Waals surface area contributed by atoms with Crippen molar-refractivity contribution in [1.29, 1.82) is 0 Å². The maximum absolute atomic E-state index is 12.7. The number of hydrogen-bond donors (Lipinski definition) is 0. The van der Waals surface area contributed by atoms with Crippen molar-refractivity contribution in [1.82, 2.24) is 0 Å². The Kier molecular flexibility index (Phi) is 42.7. The lowest BCUT2D eigenvalue weighted by atomic mass is 10.1. The predicted octanol–water partition coefficient (Wildman–Crippen LogP) is 14.8. The number of allylic oxidation sites excluding steroid dienone is 18. The molecule has 326 valence electrons. The summed E-state index contributed by atoms with van der Waals surface area (Å²) in [7, 11) is 0. The van der Waals surface area contributed by atoms with Crippen molar-refractivity contribution < 1.29 is 28.6 Å². The average molecular weight is 803 g/mol. The van der Waals surface area contributed by atoms with Gasteiger partial charge in [0.1, 0.15) is 13.2 Å². The lowest BCUT2D eigenvalue weighted by Crippen LogP contribution is -2.30. The van der Waals surface area contributed by atoms with Gasteiger partial charge in [-0.25, -0.2) is 0 Å². The van der Waals surface area contributed by atoms with Gasteiger partial charge >= 0.3 is 17.9 Å². The molecule has 6 nitrogen and oxygen atoms in total. The molecule has 58 heavy (non-hydrogen) atoms. The van der Waals surface area contributed by atoms with Crippen LogP contribution >= 0.6 is 0 Å². The summed E-state index contributed by atoms with van der Waals surface area (Å²) in [6.45, 7) is 6.23. The van der Waals surface area contributed by atoms with E-state index in [1.54, 1.807) is 0 Å². The third kappa shape index (κ3) is 43.2. The Labute approximate surface area is 355 Å². The van der Waals surface area contributed by atoms with Crippen LogP contribution in [0.3, 0.4) is 0 Å². The van der Waals surface area contributed by atoms with E-state index in [1.165, 1.54) is 12.8 Å². The molecule has 0 aliphatic heterocycles. The molecule has 0 aromatic rings. The second-order valence-corrected chi connectivity index (χ2v) is 14.6. The molecule has 0 aliphatic carbocycles. The normalized spacial score (nSPS) is 13.1. The summed E-state index contributed by atoms with van der Waals surface area (Å²) < 4.78 is 16.6. The van der Waals surface area contributed by atoms with Crippen LogP contribution in [-0.2, 0) is 28.6 Å². The molecule has 0 bridgehead atoms. The molecule has 0 rings (SSSR count). The Hall–Kier alpha value is -3.93. The van der Waals surface area contributed by atoms with Gasteiger partial charge in [-0.2, -0.15) is 0 Å². The van der Waals surface area contributed by atoms with E-state index in [0.717, 1.165) is 122 Å². The zero-order valence-corrected chi connectivity index (χ0v) is 37.0. The highest BCUT2D eigenvalue weighted by Gasteiger charge is 2.19. The molecule has 0 N–H and O–H groups in total. The molecule has 0 amide bonds. The molecule has 0 saturated heterocycles. The van der Waals surface area contributed by atoms with E-state index in [1.807, 2.05) is 6.08 Å². The zero-order chi connectivity index (χ0) is 42.3. The summed E-state index contributed by atoms with van der Waals surface area (Å²) in [6, 6.07) is 0. The van der Waals surface area contributed by atoms with E-state index >= 15 is 0 Å². The SMILES string of the molecule is CC\C=C/C=C\C=C/CCCCCCCC(=O)OC(COC(=O)CCC/C=C\C/C=C\C/C=C\C/C=C\C/C=C\CC)COC(=O)CCCCCC/C=C\CCCC. The summed E-state index contributed by atoms with van der Waals surface area (Å²) in [6.07, 6.45) is 60.8. The second-order valence-electron chi connectivity index (χ2n) is 14.6. The van der Waals surface area contributed by atoms with Crippen molar-refractivity contribution in [3.8, 4) is 0 Å². The molecule has 0 fully saturated rings. The van der Waals surface area contributed by atoms with Gasteiger partial charge in [0.2, 0.25) is 0 Å². The number of hydrogen-bond acceptors (Lipinski definition) is 6. The fourth-order valence-corrected chi connectivity index (χ4v) is 5.63. The molecule has 0 saturated carbocycles. The lowest BCUT2D eigenvalue weighted by Gasteiger charge is -2.18. The highest BCUT2D eigenvalue weighted by atomic mass is 16.6. The molecule has 0 radical (unpaired) electrons. The van der Waals surface area contributed by atoms with Crippen molar-refractivity contribution in [2.24, 2.45) is 0 Å².